The Kier molecular flexibility index (Phi) is 3.19. The van der Waals surface area contributed by atoms with E-state index in [9.17, 15) is 9.59 Å². The van der Waals surface area contributed by atoms with Gasteiger partial charge in [-0.25, -0.2) is 0 Å². The van der Waals surface area contributed by atoms with E-state index in [1.165, 1.54) is 0 Å². The van der Waals surface area contributed by atoms with Crippen LogP contribution in [0.15, 0.2) is 12.3 Å². The van der Waals surface area contributed by atoms with E-state index in [0.29, 0.717) is 25.2 Å². The van der Waals surface area contributed by atoms with Gasteiger partial charge in [-0.1, -0.05) is 0 Å². The van der Waals surface area contributed by atoms with Crippen molar-refractivity contribution in [2.75, 3.05) is 18.4 Å². The second-order valence-electron chi connectivity index (χ2n) is 3.75. The van der Waals surface area contributed by atoms with Crippen molar-refractivity contribution in [3.05, 3.63) is 12.3 Å². The zero-order valence-corrected chi connectivity index (χ0v) is 8.90. The Balaban J connectivity index is 1.73. The van der Waals surface area contributed by atoms with Gasteiger partial charge in [0.1, 0.15) is 5.82 Å². The van der Waals surface area contributed by atoms with Crippen LogP contribution in [0.1, 0.15) is 19.3 Å². The van der Waals surface area contributed by atoms with Gasteiger partial charge in [-0.2, -0.15) is 5.10 Å². The Morgan fingerprint density at radius 2 is 2.50 bits per heavy atom. The average molecular weight is 222 g/mol. The van der Waals surface area contributed by atoms with E-state index in [0.717, 1.165) is 13.0 Å². The summed E-state index contributed by atoms with van der Waals surface area (Å²) in [6, 6.07) is 1.68. The van der Waals surface area contributed by atoms with Gasteiger partial charge in [-0.3, -0.25) is 14.7 Å². The Morgan fingerprint density at radius 1 is 1.62 bits per heavy atom. The minimum atomic E-state index is -0.107. The summed E-state index contributed by atoms with van der Waals surface area (Å²) in [7, 11) is 0. The van der Waals surface area contributed by atoms with Gasteiger partial charge in [0.05, 0.1) is 6.20 Å². The molecular weight excluding hydrogens is 208 g/mol. The van der Waals surface area contributed by atoms with Crippen LogP contribution in [0, 0.1) is 0 Å². The maximum atomic E-state index is 11.5. The number of anilines is 1. The largest absolute Gasteiger partial charge is 0.342 e. The highest BCUT2D eigenvalue weighted by Crippen LogP contribution is 2.10. The highest BCUT2D eigenvalue weighted by Gasteiger charge is 2.20. The van der Waals surface area contributed by atoms with Gasteiger partial charge < -0.3 is 10.2 Å². The highest BCUT2D eigenvalue weighted by molar-refractivity contribution is 5.90. The summed E-state index contributed by atoms with van der Waals surface area (Å²) in [6.45, 7) is 1.27. The van der Waals surface area contributed by atoms with Gasteiger partial charge in [-0.15, -0.1) is 0 Å². The summed E-state index contributed by atoms with van der Waals surface area (Å²) < 4.78 is 0. The maximum Gasteiger partial charge on any atom is 0.227 e. The van der Waals surface area contributed by atoms with Crippen LogP contribution in [-0.2, 0) is 9.59 Å². The van der Waals surface area contributed by atoms with Crippen LogP contribution in [-0.4, -0.2) is 40.0 Å². The third-order valence-corrected chi connectivity index (χ3v) is 2.55. The molecule has 0 bridgehead atoms. The number of H-pyrrole nitrogens is 1. The number of aromatic nitrogens is 2. The number of carbonyl (C=O) groups excluding carboxylic acids is 2. The Labute approximate surface area is 93.0 Å². The summed E-state index contributed by atoms with van der Waals surface area (Å²) in [5.74, 6) is 0.621. The Bertz CT molecular complexity index is 374. The molecule has 0 unspecified atom stereocenters. The third kappa shape index (κ3) is 2.59. The molecule has 0 aliphatic carbocycles. The summed E-state index contributed by atoms with van der Waals surface area (Å²) in [6.07, 6.45) is 3.41. The molecule has 2 heterocycles. The fourth-order valence-corrected chi connectivity index (χ4v) is 1.72. The number of carbonyl (C=O) groups is 2. The van der Waals surface area contributed by atoms with Gasteiger partial charge in [0.25, 0.3) is 0 Å². The lowest BCUT2D eigenvalue weighted by molar-refractivity contribution is -0.128. The van der Waals surface area contributed by atoms with E-state index in [2.05, 4.69) is 15.5 Å². The molecule has 0 aromatic carbocycles. The summed E-state index contributed by atoms with van der Waals surface area (Å²) in [5, 5.41) is 9.03. The number of amides is 2. The molecule has 0 saturated carbocycles. The van der Waals surface area contributed by atoms with Gasteiger partial charge in [0.2, 0.25) is 11.8 Å². The molecule has 16 heavy (non-hydrogen) atoms. The number of nitrogens with zero attached hydrogens (tertiary/aromatic N) is 2. The molecule has 86 valence electrons. The predicted octanol–water partition coefficient (Wildman–Crippen LogP) is 0.361. The number of hydrogen-bond donors (Lipinski definition) is 2. The van der Waals surface area contributed by atoms with Crippen LogP contribution in [0.2, 0.25) is 0 Å². The first kappa shape index (κ1) is 10.7. The first-order chi connectivity index (χ1) is 7.75. The molecule has 1 aromatic rings. The van der Waals surface area contributed by atoms with Gasteiger partial charge in [-0.05, 0) is 6.42 Å². The van der Waals surface area contributed by atoms with Crippen molar-refractivity contribution in [2.24, 2.45) is 0 Å². The zero-order valence-electron chi connectivity index (χ0n) is 8.90. The fourth-order valence-electron chi connectivity index (χ4n) is 1.72. The van der Waals surface area contributed by atoms with Crippen LogP contribution >= 0.6 is 0 Å². The molecule has 6 heteroatoms. The minimum absolute atomic E-state index is 0.107. The zero-order chi connectivity index (χ0) is 11.4. The second-order valence-corrected chi connectivity index (χ2v) is 3.75. The Morgan fingerprint density at radius 3 is 3.12 bits per heavy atom. The van der Waals surface area contributed by atoms with Crippen molar-refractivity contribution in [3.8, 4) is 0 Å². The van der Waals surface area contributed by atoms with Crippen molar-refractivity contribution in [1.82, 2.24) is 15.1 Å². The van der Waals surface area contributed by atoms with Crippen molar-refractivity contribution in [3.63, 3.8) is 0 Å². The van der Waals surface area contributed by atoms with Crippen LogP contribution < -0.4 is 5.32 Å². The smallest absolute Gasteiger partial charge is 0.227 e. The topological polar surface area (TPSA) is 78.1 Å². The number of rotatable bonds is 4. The number of aromatic amines is 1. The highest BCUT2D eigenvalue weighted by atomic mass is 16.2. The van der Waals surface area contributed by atoms with E-state index >= 15 is 0 Å². The number of likely N-dealkylation sites (tertiary alicyclic amines) is 1. The van der Waals surface area contributed by atoms with Crippen molar-refractivity contribution in [1.29, 1.82) is 0 Å². The molecule has 6 nitrogen and oxygen atoms in total. The summed E-state index contributed by atoms with van der Waals surface area (Å²) >= 11 is 0. The normalized spacial score (nSPS) is 15.5. The lowest BCUT2D eigenvalue weighted by Crippen LogP contribution is -2.28. The number of nitrogens with one attached hydrogen (secondary N) is 2. The molecular formula is C10H14N4O2. The Hall–Kier alpha value is -1.85. The second kappa shape index (κ2) is 4.78. The van der Waals surface area contributed by atoms with Crippen molar-refractivity contribution in [2.45, 2.75) is 19.3 Å². The van der Waals surface area contributed by atoms with Crippen LogP contribution in [0.25, 0.3) is 0 Å². The van der Waals surface area contributed by atoms with E-state index in [4.69, 9.17) is 0 Å². The van der Waals surface area contributed by atoms with Gasteiger partial charge >= 0.3 is 0 Å². The monoisotopic (exact) mass is 222 g/mol. The minimum Gasteiger partial charge on any atom is -0.342 e. The molecule has 0 atom stereocenters. The van der Waals surface area contributed by atoms with Crippen molar-refractivity contribution < 1.29 is 9.59 Å². The fraction of sp³-hybridized carbons (Fsp3) is 0.500. The molecule has 1 aliphatic heterocycles. The standard InChI is InChI=1S/C10H14N4O2/c15-9(12-8-3-5-11-13-8)4-7-14-6-1-2-10(14)16/h3,5H,1-2,4,6-7H2,(H2,11,12,13,15). The summed E-state index contributed by atoms with van der Waals surface area (Å²) in [4.78, 5) is 24.5. The van der Waals surface area contributed by atoms with Crippen LogP contribution in [0.4, 0.5) is 5.82 Å². The first-order valence-corrected chi connectivity index (χ1v) is 5.33. The molecule has 2 amide bonds. The molecule has 1 fully saturated rings. The molecule has 1 saturated heterocycles. The quantitative estimate of drug-likeness (QED) is 0.772. The van der Waals surface area contributed by atoms with Crippen LogP contribution in [0.5, 0.6) is 0 Å². The molecule has 2 N–H and O–H groups in total. The molecule has 0 radical (unpaired) electrons. The average Bonchev–Trinajstić information content (AvgIpc) is 2.87. The molecule has 1 aliphatic rings. The SMILES string of the molecule is O=C(CCN1CCCC1=O)Nc1ccn[nH]1. The number of hydrogen-bond acceptors (Lipinski definition) is 3. The maximum absolute atomic E-state index is 11.5. The molecule has 0 spiro atoms. The van der Waals surface area contributed by atoms with Crippen molar-refractivity contribution >= 4 is 17.6 Å². The van der Waals surface area contributed by atoms with Gasteiger partial charge in [0, 0.05) is 32.0 Å². The molecule has 2 rings (SSSR count). The van der Waals surface area contributed by atoms with Crippen LogP contribution in [0.3, 0.4) is 0 Å². The van der Waals surface area contributed by atoms with E-state index in [-0.39, 0.29) is 11.8 Å². The van der Waals surface area contributed by atoms with E-state index < -0.39 is 0 Å². The lowest BCUT2D eigenvalue weighted by Gasteiger charge is -2.14. The van der Waals surface area contributed by atoms with Gasteiger partial charge in [0.15, 0.2) is 0 Å². The lowest BCUT2D eigenvalue weighted by atomic mass is 10.3. The predicted molar refractivity (Wildman–Crippen MR) is 57.6 cm³/mol. The third-order valence-electron chi connectivity index (χ3n) is 2.55. The first-order valence-electron chi connectivity index (χ1n) is 5.33. The molecule has 1 aromatic heterocycles. The van der Waals surface area contributed by atoms with E-state index in [1.54, 1.807) is 17.2 Å². The summed E-state index contributed by atoms with van der Waals surface area (Å²) in [5.41, 5.74) is 0. The van der Waals surface area contributed by atoms with E-state index in [1.807, 2.05) is 0 Å².